The van der Waals surface area contributed by atoms with Gasteiger partial charge in [-0.2, -0.15) is 0 Å². The van der Waals surface area contributed by atoms with Gasteiger partial charge in [-0.1, -0.05) is 6.92 Å². The number of methoxy groups -OCH3 is 1. The molecule has 0 heterocycles. The van der Waals surface area contributed by atoms with E-state index in [1.807, 2.05) is 26.0 Å². The number of carbonyl (C=O) groups is 1. The fourth-order valence-corrected chi connectivity index (χ4v) is 2.58. The Kier molecular flexibility index (Phi) is 5.76. The maximum absolute atomic E-state index is 12.5. The van der Waals surface area contributed by atoms with E-state index in [2.05, 4.69) is 10.6 Å². The number of nitrogens with one attached hydrogen (secondary N) is 2. The second-order valence-electron chi connectivity index (χ2n) is 5.35. The standard InChI is InChI=1S/C18H21N3O2S/c1-4-12-10-14(20-18(19)24)9-11(2)16(12)21-17(22)13-5-7-15(23-3)8-6-13/h5-10H,4H2,1-3H3,(H,21,22)(H3,19,20,24). The van der Waals surface area contributed by atoms with E-state index in [0.29, 0.717) is 11.3 Å². The number of benzene rings is 2. The van der Waals surface area contributed by atoms with Crippen LogP contribution in [0.5, 0.6) is 5.75 Å². The zero-order chi connectivity index (χ0) is 17.7. The van der Waals surface area contributed by atoms with Crippen molar-refractivity contribution >= 4 is 34.6 Å². The van der Waals surface area contributed by atoms with E-state index in [1.165, 1.54) is 0 Å². The van der Waals surface area contributed by atoms with Crippen LogP contribution in [0.2, 0.25) is 0 Å². The van der Waals surface area contributed by atoms with E-state index in [-0.39, 0.29) is 11.0 Å². The van der Waals surface area contributed by atoms with Crippen molar-refractivity contribution < 1.29 is 9.53 Å². The quantitative estimate of drug-likeness (QED) is 0.725. The Balaban J connectivity index is 2.27. The number of hydrogen-bond acceptors (Lipinski definition) is 3. The molecule has 0 aromatic heterocycles. The predicted octanol–water partition coefficient (Wildman–Crippen LogP) is 3.47. The number of ether oxygens (including phenoxy) is 1. The maximum Gasteiger partial charge on any atom is 0.255 e. The lowest BCUT2D eigenvalue weighted by atomic mass is 10.0. The molecule has 0 saturated carbocycles. The molecule has 0 atom stereocenters. The van der Waals surface area contributed by atoms with Crippen molar-refractivity contribution in [1.29, 1.82) is 0 Å². The number of hydrogen-bond donors (Lipinski definition) is 3. The zero-order valence-electron chi connectivity index (χ0n) is 14.0. The lowest BCUT2D eigenvalue weighted by Crippen LogP contribution is -2.19. The molecule has 2 rings (SSSR count). The molecule has 0 radical (unpaired) electrons. The van der Waals surface area contributed by atoms with Crippen molar-refractivity contribution in [3.05, 3.63) is 53.1 Å². The highest BCUT2D eigenvalue weighted by molar-refractivity contribution is 7.80. The Bertz CT molecular complexity index is 758. The largest absolute Gasteiger partial charge is 0.497 e. The minimum absolute atomic E-state index is 0.162. The van der Waals surface area contributed by atoms with Crippen molar-refractivity contribution in [2.45, 2.75) is 20.3 Å². The van der Waals surface area contributed by atoms with Gasteiger partial charge in [0.05, 0.1) is 7.11 Å². The molecule has 2 aromatic rings. The first-order chi connectivity index (χ1) is 11.4. The molecule has 0 saturated heterocycles. The van der Waals surface area contributed by atoms with E-state index in [9.17, 15) is 4.79 Å². The van der Waals surface area contributed by atoms with E-state index in [4.69, 9.17) is 22.7 Å². The van der Waals surface area contributed by atoms with Crippen LogP contribution in [0.1, 0.15) is 28.4 Å². The Morgan fingerprint density at radius 3 is 2.42 bits per heavy atom. The molecule has 0 aliphatic carbocycles. The number of amides is 1. The summed E-state index contributed by atoms with van der Waals surface area (Å²) in [5.74, 6) is 0.552. The fraction of sp³-hybridized carbons (Fsp3) is 0.222. The number of thiocarbonyl (C=S) groups is 1. The molecular weight excluding hydrogens is 322 g/mol. The lowest BCUT2D eigenvalue weighted by molar-refractivity contribution is 0.102. The lowest BCUT2D eigenvalue weighted by Gasteiger charge is -2.16. The van der Waals surface area contributed by atoms with Gasteiger partial charge in [0.15, 0.2) is 5.11 Å². The van der Waals surface area contributed by atoms with Gasteiger partial charge < -0.3 is 21.1 Å². The molecule has 5 nitrogen and oxygen atoms in total. The van der Waals surface area contributed by atoms with Crippen LogP contribution in [0, 0.1) is 6.92 Å². The van der Waals surface area contributed by atoms with E-state index >= 15 is 0 Å². The van der Waals surface area contributed by atoms with Gasteiger partial charge in [0.2, 0.25) is 0 Å². The summed E-state index contributed by atoms with van der Waals surface area (Å²) in [6.45, 7) is 3.97. The first-order valence-electron chi connectivity index (χ1n) is 7.60. The summed E-state index contributed by atoms with van der Waals surface area (Å²) in [7, 11) is 1.59. The highest BCUT2D eigenvalue weighted by atomic mass is 32.1. The number of rotatable bonds is 5. The van der Waals surface area contributed by atoms with Crippen molar-refractivity contribution in [3.63, 3.8) is 0 Å². The van der Waals surface area contributed by atoms with Gasteiger partial charge in [0, 0.05) is 16.9 Å². The summed E-state index contributed by atoms with van der Waals surface area (Å²) in [6.07, 6.45) is 0.770. The molecule has 4 N–H and O–H groups in total. The topological polar surface area (TPSA) is 76.4 Å². The van der Waals surface area contributed by atoms with Gasteiger partial charge in [-0.15, -0.1) is 0 Å². The summed E-state index contributed by atoms with van der Waals surface area (Å²) in [4.78, 5) is 12.5. The first kappa shape index (κ1) is 17.7. The van der Waals surface area contributed by atoms with Crippen LogP contribution in [0.25, 0.3) is 0 Å². The molecule has 0 fully saturated rings. The third-order valence-corrected chi connectivity index (χ3v) is 3.76. The van der Waals surface area contributed by atoms with Crippen LogP contribution in [0.15, 0.2) is 36.4 Å². The highest BCUT2D eigenvalue weighted by Crippen LogP contribution is 2.27. The first-order valence-corrected chi connectivity index (χ1v) is 8.00. The van der Waals surface area contributed by atoms with Crippen LogP contribution < -0.4 is 21.1 Å². The number of nitrogens with two attached hydrogens (primary N) is 1. The van der Waals surface area contributed by atoms with E-state index < -0.39 is 0 Å². The molecule has 0 spiro atoms. The molecule has 1 amide bonds. The van der Waals surface area contributed by atoms with Crippen molar-refractivity contribution in [1.82, 2.24) is 0 Å². The molecule has 2 aromatic carbocycles. The summed E-state index contributed by atoms with van der Waals surface area (Å²) >= 11 is 4.87. The molecular formula is C18H21N3O2S. The predicted molar refractivity (Wildman–Crippen MR) is 102 cm³/mol. The highest BCUT2D eigenvalue weighted by Gasteiger charge is 2.12. The van der Waals surface area contributed by atoms with Crippen LogP contribution in [-0.4, -0.2) is 18.1 Å². The number of carbonyl (C=O) groups excluding carboxylic acids is 1. The SMILES string of the molecule is CCc1cc(NC(N)=S)cc(C)c1NC(=O)c1ccc(OC)cc1. The average Bonchev–Trinajstić information content (AvgIpc) is 2.56. The van der Waals surface area contributed by atoms with Crippen LogP contribution in [0.3, 0.4) is 0 Å². The summed E-state index contributed by atoms with van der Waals surface area (Å²) in [5.41, 5.74) is 9.68. The van der Waals surface area contributed by atoms with Crippen LogP contribution in [-0.2, 0) is 6.42 Å². The van der Waals surface area contributed by atoms with E-state index in [0.717, 1.165) is 28.9 Å². The monoisotopic (exact) mass is 343 g/mol. The zero-order valence-corrected chi connectivity index (χ0v) is 14.8. The molecule has 0 bridgehead atoms. The second-order valence-corrected chi connectivity index (χ2v) is 5.79. The smallest absolute Gasteiger partial charge is 0.255 e. The minimum atomic E-state index is -0.162. The van der Waals surface area contributed by atoms with Crippen molar-refractivity contribution in [2.24, 2.45) is 5.73 Å². The molecule has 0 aliphatic heterocycles. The summed E-state index contributed by atoms with van der Waals surface area (Å²) in [6, 6.07) is 10.8. The summed E-state index contributed by atoms with van der Waals surface area (Å²) < 4.78 is 5.11. The van der Waals surface area contributed by atoms with Crippen molar-refractivity contribution in [2.75, 3.05) is 17.7 Å². The van der Waals surface area contributed by atoms with Gasteiger partial charge in [-0.05, 0) is 73.1 Å². The maximum atomic E-state index is 12.5. The minimum Gasteiger partial charge on any atom is -0.497 e. The fourth-order valence-electron chi connectivity index (χ4n) is 2.46. The van der Waals surface area contributed by atoms with Gasteiger partial charge >= 0.3 is 0 Å². The molecule has 0 unspecified atom stereocenters. The second kappa shape index (κ2) is 7.79. The third kappa shape index (κ3) is 4.23. The number of anilines is 2. The van der Waals surface area contributed by atoms with Gasteiger partial charge in [-0.3, -0.25) is 4.79 Å². The molecule has 126 valence electrons. The average molecular weight is 343 g/mol. The molecule has 0 aliphatic rings. The van der Waals surface area contributed by atoms with Crippen LogP contribution in [0.4, 0.5) is 11.4 Å². The van der Waals surface area contributed by atoms with Gasteiger partial charge in [0.1, 0.15) is 5.75 Å². The van der Waals surface area contributed by atoms with Gasteiger partial charge in [0.25, 0.3) is 5.91 Å². The molecule has 6 heteroatoms. The normalized spacial score (nSPS) is 10.1. The van der Waals surface area contributed by atoms with Gasteiger partial charge in [-0.25, -0.2) is 0 Å². The van der Waals surface area contributed by atoms with Crippen LogP contribution >= 0.6 is 12.2 Å². The molecule has 24 heavy (non-hydrogen) atoms. The van der Waals surface area contributed by atoms with Crippen molar-refractivity contribution in [3.8, 4) is 5.75 Å². The third-order valence-electron chi connectivity index (χ3n) is 3.66. The Hall–Kier alpha value is -2.60. The Morgan fingerprint density at radius 1 is 1.21 bits per heavy atom. The van der Waals surface area contributed by atoms with E-state index in [1.54, 1.807) is 31.4 Å². The Morgan fingerprint density at radius 2 is 1.88 bits per heavy atom. The summed E-state index contributed by atoms with van der Waals surface area (Å²) in [5, 5.41) is 6.13. The Labute approximate surface area is 147 Å². The number of aryl methyl sites for hydroxylation is 2.